The van der Waals surface area contributed by atoms with Gasteiger partial charge in [-0.1, -0.05) is 12.1 Å². The van der Waals surface area contributed by atoms with Crippen LogP contribution in [0.5, 0.6) is 0 Å². The summed E-state index contributed by atoms with van der Waals surface area (Å²) < 4.78 is 0. The van der Waals surface area contributed by atoms with E-state index in [1.807, 2.05) is 32.3 Å². The zero-order valence-electron chi connectivity index (χ0n) is 11.8. The van der Waals surface area contributed by atoms with E-state index in [1.165, 1.54) is 5.56 Å². The van der Waals surface area contributed by atoms with Crippen LogP contribution in [0.15, 0.2) is 24.3 Å². The van der Waals surface area contributed by atoms with E-state index < -0.39 is 0 Å². The summed E-state index contributed by atoms with van der Waals surface area (Å²) in [7, 11) is 4.08. The Morgan fingerprint density at radius 2 is 2.32 bits per heavy atom. The lowest BCUT2D eigenvalue weighted by atomic mass is 9.99. The van der Waals surface area contributed by atoms with Crippen molar-refractivity contribution in [2.45, 2.75) is 19.4 Å². The molecule has 104 valence electrons. The number of nitrogens with one attached hydrogen (secondary N) is 2. The summed E-state index contributed by atoms with van der Waals surface area (Å²) >= 11 is 0. The minimum atomic E-state index is 0.103. The molecule has 0 radical (unpaired) electrons. The highest BCUT2D eigenvalue weighted by Crippen LogP contribution is 2.16. The largest absolute Gasteiger partial charge is 0.326 e. The van der Waals surface area contributed by atoms with Gasteiger partial charge in [0, 0.05) is 18.8 Å². The van der Waals surface area contributed by atoms with Gasteiger partial charge in [0.05, 0.1) is 5.92 Å². The summed E-state index contributed by atoms with van der Waals surface area (Å²) in [5.41, 5.74) is 2.11. The summed E-state index contributed by atoms with van der Waals surface area (Å²) in [6.45, 7) is 2.71. The fourth-order valence-corrected chi connectivity index (χ4v) is 2.43. The molecular formula is C15H23N3O. The molecule has 1 aromatic rings. The first kappa shape index (κ1) is 14.0. The van der Waals surface area contributed by atoms with Crippen LogP contribution in [-0.2, 0) is 11.3 Å². The van der Waals surface area contributed by atoms with Crippen molar-refractivity contribution in [3.63, 3.8) is 0 Å². The number of amides is 1. The van der Waals surface area contributed by atoms with Crippen molar-refractivity contribution in [3.8, 4) is 0 Å². The number of benzene rings is 1. The molecule has 1 saturated heterocycles. The molecule has 0 aliphatic carbocycles. The second-order valence-electron chi connectivity index (χ2n) is 5.47. The number of hydrogen-bond donors (Lipinski definition) is 2. The molecule has 0 bridgehead atoms. The van der Waals surface area contributed by atoms with E-state index >= 15 is 0 Å². The van der Waals surface area contributed by atoms with Crippen molar-refractivity contribution < 1.29 is 4.79 Å². The number of hydrogen-bond acceptors (Lipinski definition) is 3. The Hall–Kier alpha value is -1.39. The van der Waals surface area contributed by atoms with E-state index in [1.54, 1.807) is 0 Å². The van der Waals surface area contributed by atoms with E-state index in [0.29, 0.717) is 0 Å². The molecule has 1 aromatic carbocycles. The monoisotopic (exact) mass is 261 g/mol. The van der Waals surface area contributed by atoms with E-state index in [0.717, 1.165) is 38.2 Å². The van der Waals surface area contributed by atoms with E-state index in [-0.39, 0.29) is 11.8 Å². The highest BCUT2D eigenvalue weighted by atomic mass is 16.1. The third-order valence-electron chi connectivity index (χ3n) is 3.36. The number of carbonyl (C=O) groups is 1. The molecule has 1 heterocycles. The molecule has 0 saturated carbocycles. The predicted octanol–water partition coefficient (Wildman–Crippen LogP) is 1.69. The van der Waals surface area contributed by atoms with Gasteiger partial charge >= 0.3 is 0 Å². The standard InChI is InChI=1S/C15H23N3O/c1-18(2)11-12-5-3-7-14(9-12)17-15(19)13-6-4-8-16-10-13/h3,5,7,9,13,16H,4,6,8,10-11H2,1-2H3,(H,17,19). The Kier molecular flexibility index (Phi) is 4.93. The molecule has 1 unspecified atom stereocenters. The van der Waals surface area contributed by atoms with Crippen LogP contribution in [0.1, 0.15) is 18.4 Å². The van der Waals surface area contributed by atoms with Crippen molar-refractivity contribution >= 4 is 11.6 Å². The normalized spacial score (nSPS) is 19.4. The Bertz CT molecular complexity index is 425. The first-order chi connectivity index (χ1) is 9.15. The van der Waals surface area contributed by atoms with Gasteiger partial charge in [-0.3, -0.25) is 4.79 Å². The van der Waals surface area contributed by atoms with Crippen LogP contribution in [0, 0.1) is 5.92 Å². The van der Waals surface area contributed by atoms with Crippen LogP contribution in [0.25, 0.3) is 0 Å². The lowest BCUT2D eigenvalue weighted by Gasteiger charge is -2.22. The quantitative estimate of drug-likeness (QED) is 0.867. The van der Waals surface area contributed by atoms with Gasteiger partial charge in [-0.15, -0.1) is 0 Å². The number of piperidine rings is 1. The van der Waals surface area contributed by atoms with Crippen molar-refractivity contribution in [2.24, 2.45) is 5.92 Å². The highest BCUT2D eigenvalue weighted by Gasteiger charge is 2.20. The lowest BCUT2D eigenvalue weighted by molar-refractivity contribution is -0.120. The molecule has 1 aliphatic rings. The maximum Gasteiger partial charge on any atom is 0.228 e. The minimum absolute atomic E-state index is 0.103. The number of rotatable bonds is 4. The zero-order valence-corrected chi connectivity index (χ0v) is 11.8. The minimum Gasteiger partial charge on any atom is -0.326 e. The molecule has 1 fully saturated rings. The average Bonchev–Trinajstić information content (AvgIpc) is 2.39. The van der Waals surface area contributed by atoms with Gasteiger partial charge in [-0.2, -0.15) is 0 Å². The smallest absolute Gasteiger partial charge is 0.228 e. The van der Waals surface area contributed by atoms with Gasteiger partial charge in [0.2, 0.25) is 5.91 Å². The van der Waals surface area contributed by atoms with Gasteiger partial charge in [-0.05, 0) is 51.2 Å². The third kappa shape index (κ3) is 4.33. The van der Waals surface area contributed by atoms with Crippen LogP contribution in [0.4, 0.5) is 5.69 Å². The molecule has 1 atom stereocenters. The van der Waals surface area contributed by atoms with Crippen LogP contribution in [0.2, 0.25) is 0 Å². The molecule has 0 aromatic heterocycles. The second kappa shape index (κ2) is 6.68. The van der Waals surface area contributed by atoms with Gasteiger partial charge in [0.1, 0.15) is 0 Å². The molecule has 1 amide bonds. The SMILES string of the molecule is CN(C)Cc1cccc(NC(=O)C2CCCNC2)c1. The Labute approximate surface area is 115 Å². The molecular weight excluding hydrogens is 238 g/mol. The van der Waals surface area contributed by atoms with Crippen LogP contribution in [-0.4, -0.2) is 38.0 Å². The molecule has 4 nitrogen and oxygen atoms in total. The maximum absolute atomic E-state index is 12.1. The molecule has 1 aliphatic heterocycles. The summed E-state index contributed by atoms with van der Waals surface area (Å²) in [6.07, 6.45) is 2.06. The molecule has 2 rings (SSSR count). The van der Waals surface area contributed by atoms with Crippen LogP contribution >= 0.6 is 0 Å². The van der Waals surface area contributed by atoms with Crippen molar-refractivity contribution in [2.75, 3.05) is 32.5 Å². The predicted molar refractivity (Wildman–Crippen MR) is 78.1 cm³/mol. The van der Waals surface area contributed by atoms with E-state index in [2.05, 4.69) is 21.6 Å². The topological polar surface area (TPSA) is 44.4 Å². The fourth-order valence-electron chi connectivity index (χ4n) is 2.43. The van der Waals surface area contributed by atoms with E-state index in [9.17, 15) is 4.79 Å². The zero-order chi connectivity index (χ0) is 13.7. The number of carbonyl (C=O) groups excluding carboxylic acids is 1. The fraction of sp³-hybridized carbons (Fsp3) is 0.533. The Morgan fingerprint density at radius 3 is 3.00 bits per heavy atom. The van der Waals surface area contributed by atoms with Gasteiger partial charge in [0.25, 0.3) is 0 Å². The van der Waals surface area contributed by atoms with Crippen molar-refractivity contribution in [3.05, 3.63) is 29.8 Å². The second-order valence-corrected chi connectivity index (χ2v) is 5.47. The summed E-state index contributed by atoms with van der Waals surface area (Å²) in [5.74, 6) is 0.237. The maximum atomic E-state index is 12.1. The molecule has 0 spiro atoms. The number of nitrogens with zero attached hydrogens (tertiary/aromatic N) is 1. The van der Waals surface area contributed by atoms with Gasteiger partial charge < -0.3 is 15.5 Å². The van der Waals surface area contributed by atoms with Crippen molar-refractivity contribution in [1.29, 1.82) is 0 Å². The molecule has 19 heavy (non-hydrogen) atoms. The Morgan fingerprint density at radius 1 is 1.47 bits per heavy atom. The molecule has 4 heteroatoms. The van der Waals surface area contributed by atoms with Gasteiger partial charge in [0.15, 0.2) is 0 Å². The summed E-state index contributed by atoms with van der Waals surface area (Å²) in [6, 6.07) is 8.08. The average molecular weight is 261 g/mol. The van der Waals surface area contributed by atoms with Crippen LogP contribution < -0.4 is 10.6 Å². The first-order valence-electron chi connectivity index (χ1n) is 6.90. The van der Waals surface area contributed by atoms with Crippen LogP contribution in [0.3, 0.4) is 0 Å². The Balaban J connectivity index is 1.96. The summed E-state index contributed by atoms with van der Waals surface area (Å²) in [5, 5.41) is 6.30. The lowest BCUT2D eigenvalue weighted by Crippen LogP contribution is -2.37. The molecule has 2 N–H and O–H groups in total. The van der Waals surface area contributed by atoms with E-state index in [4.69, 9.17) is 0 Å². The number of anilines is 1. The first-order valence-corrected chi connectivity index (χ1v) is 6.90. The van der Waals surface area contributed by atoms with Crippen molar-refractivity contribution in [1.82, 2.24) is 10.2 Å². The van der Waals surface area contributed by atoms with Gasteiger partial charge in [-0.25, -0.2) is 0 Å². The highest BCUT2D eigenvalue weighted by molar-refractivity contribution is 5.92. The third-order valence-corrected chi connectivity index (χ3v) is 3.36. The summed E-state index contributed by atoms with van der Waals surface area (Å²) in [4.78, 5) is 14.3.